The Balaban J connectivity index is 2.25. The number of carbonyl (C=O) groups excluding carboxylic acids is 1. The van der Waals surface area contributed by atoms with E-state index in [1.165, 1.54) is 0 Å². The summed E-state index contributed by atoms with van der Waals surface area (Å²) >= 11 is 0. The van der Waals surface area contributed by atoms with Crippen LogP contribution in [0.25, 0.3) is 0 Å². The average molecular weight is 286 g/mol. The van der Waals surface area contributed by atoms with E-state index in [0.29, 0.717) is 18.5 Å². The van der Waals surface area contributed by atoms with Gasteiger partial charge in [0.25, 0.3) is 0 Å². The van der Waals surface area contributed by atoms with Crippen LogP contribution < -0.4 is 5.32 Å². The number of aliphatic hydroxyl groups excluding tert-OH is 1. The molecule has 5 nitrogen and oxygen atoms in total. The second-order valence-electron chi connectivity index (χ2n) is 6.97. The molecule has 0 saturated carbocycles. The third-order valence-corrected chi connectivity index (χ3v) is 3.48. The standard InChI is InChI=1S/C15H30N2O3/c1-11(2)13(18)6-8-16-12-7-9-17(10-12)14(19)20-15(3,4)5/h11-13,16,18H,6-10H2,1-5H3. The van der Waals surface area contributed by atoms with E-state index >= 15 is 0 Å². The molecule has 2 N–H and O–H groups in total. The number of hydrogen-bond acceptors (Lipinski definition) is 4. The Morgan fingerprint density at radius 3 is 2.65 bits per heavy atom. The van der Waals surface area contributed by atoms with E-state index in [1.54, 1.807) is 4.90 Å². The van der Waals surface area contributed by atoms with Crippen molar-refractivity contribution in [1.82, 2.24) is 10.2 Å². The van der Waals surface area contributed by atoms with Crippen molar-refractivity contribution in [3.05, 3.63) is 0 Å². The molecule has 1 amide bonds. The van der Waals surface area contributed by atoms with Gasteiger partial charge in [-0.05, 0) is 46.1 Å². The number of ether oxygens (including phenoxy) is 1. The third kappa shape index (κ3) is 6.09. The molecule has 1 aliphatic rings. The van der Waals surface area contributed by atoms with Crippen molar-refractivity contribution in [2.75, 3.05) is 19.6 Å². The third-order valence-electron chi connectivity index (χ3n) is 3.48. The number of carbonyl (C=O) groups is 1. The van der Waals surface area contributed by atoms with Crippen molar-refractivity contribution in [3.8, 4) is 0 Å². The molecule has 0 aromatic heterocycles. The Morgan fingerprint density at radius 1 is 1.45 bits per heavy atom. The molecular weight excluding hydrogens is 256 g/mol. The number of aliphatic hydroxyl groups is 1. The smallest absolute Gasteiger partial charge is 0.410 e. The predicted octanol–water partition coefficient (Wildman–Crippen LogP) is 1.99. The van der Waals surface area contributed by atoms with Crippen LogP contribution in [0.2, 0.25) is 0 Å². The number of hydrogen-bond donors (Lipinski definition) is 2. The van der Waals surface area contributed by atoms with Crippen LogP contribution in [0.4, 0.5) is 4.79 Å². The molecule has 1 heterocycles. The van der Waals surface area contributed by atoms with Gasteiger partial charge in [0.05, 0.1) is 6.10 Å². The highest BCUT2D eigenvalue weighted by Crippen LogP contribution is 2.15. The topological polar surface area (TPSA) is 61.8 Å². The largest absolute Gasteiger partial charge is 0.444 e. The lowest BCUT2D eigenvalue weighted by atomic mass is 10.0. The van der Waals surface area contributed by atoms with Gasteiger partial charge in [0.15, 0.2) is 0 Å². The lowest BCUT2D eigenvalue weighted by molar-refractivity contribution is 0.0290. The molecule has 118 valence electrons. The molecule has 2 unspecified atom stereocenters. The van der Waals surface area contributed by atoms with Gasteiger partial charge < -0.3 is 20.1 Å². The van der Waals surface area contributed by atoms with Gasteiger partial charge in [0, 0.05) is 19.1 Å². The van der Waals surface area contributed by atoms with E-state index in [2.05, 4.69) is 5.32 Å². The molecule has 1 saturated heterocycles. The van der Waals surface area contributed by atoms with E-state index in [9.17, 15) is 9.90 Å². The number of amides is 1. The van der Waals surface area contributed by atoms with E-state index in [0.717, 1.165) is 25.9 Å². The summed E-state index contributed by atoms with van der Waals surface area (Å²) in [6, 6.07) is 0.307. The number of likely N-dealkylation sites (tertiary alicyclic amines) is 1. The summed E-state index contributed by atoms with van der Waals surface area (Å²) in [5.41, 5.74) is -0.441. The monoisotopic (exact) mass is 286 g/mol. The SMILES string of the molecule is CC(C)C(O)CCNC1CCN(C(=O)OC(C)(C)C)C1. The summed E-state index contributed by atoms with van der Waals surface area (Å²) in [6.45, 7) is 11.9. The molecule has 0 aliphatic carbocycles. The van der Waals surface area contributed by atoms with E-state index in [4.69, 9.17) is 4.74 Å². The molecule has 5 heteroatoms. The fourth-order valence-corrected chi connectivity index (χ4v) is 2.19. The van der Waals surface area contributed by atoms with E-state index in [-0.39, 0.29) is 12.2 Å². The Labute approximate surface area is 122 Å². The molecule has 0 spiro atoms. The second-order valence-corrected chi connectivity index (χ2v) is 6.97. The minimum absolute atomic E-state index is 0.232. The van der Waals surface area contributed by atoms with Crippen LogP contribution in [0.15, 0.2) is 0 Å². The van der Waals surface area contributed by atoms with Crippen molar-refractivity contribution in [1.29, 1.82) is 0 Å². The summed E-state index contributed by atoms with van der Waals surface area (Å²) in [4.78, 5) is 13.7. The highest BCUT2D eigenvalue weighted by atomic mass is 16.6. The molecule has 0 bridgehead atoms. The van der Waals surface area contributed by atoms with Crippen LogP contribution in [-0.2, 0) is 4.74 Å². The number of rotatable bonds is 5. The molecule has 0 aromatic carbocycles. The molecule has 1 rings (SSSR count). The summed E-state index contributed by atoms with van der Waals surface area (Å²) < 4.78 is 5.36. The lowest BCUT2D eigenvalue weighted by Crippen LogP contribution is -2.39. The zero-order chi connectivity index (χ0) is 15.3. The zero-order valence-electron chi connectivity index (χ0n) is 13.5. The van der Waals surface area contributed by atoms with Crippen molar-refractivity contribution in [2.45, 2.75) is 65.2 Å². The fourth-order valence-electron chi connectivity index (χ4n) is 2.19. The van der Waals surface area contributed by atoms with Crippen molar-refractivity contribution in [2.24, 2.45) is 5.92 Å². The Kier molecular flexibility index (Phi) is 6.27. The van der Waals surface area contributed by atoms with Gasteiger partial charge >= 0.3 is 6.09 Å². The van der Waals surface area contributed by atoms with Crippen LogP contribution in [-0.4, -0.2) is 53.5 Å². The quantitative estimate of drug-likeness (QED) is 0.811. The van der Waals surface area contributed by atoms with Gasteiger partial charge in [-0.15, -0.1) is 0 Å². The average Bonchev–Trinajstić information content (AvgIpc) is 2.75. The minimum Gasteiger partial charge on any atom is -0.444 e. The Bertz CT molecular complexity index is 313. The summed E-state index contributed by atoms with van der Waals surface area (Å²) in [5, 5.41) is 13.1. The first kappa shape index (κ1) is 17.2. The van der Waals surface area contributed by atoms with Gasteiger partial charge in [0.1, 0.15) is 5.60 Å². The zero-order valence-corrected chi connectivity index (χ0v) is 13.5. The van der Waals surface area contributed by atoms with Crippen molar-refractivity contribution < 1.29 is 14.6 Å². The fraction of sp³-hybridized carbons (Fsp3) is 0.933. The molecular formula is C15H30N2O3. The first-order valence-corrected chi connectivity index (χ1v) is 7.58. The lowest BCUT2D eigenvalue weighted by Gasteiger charge is -2.24. The molecule has 1 fully saturated rings. The van der Waals surface area contributed by atoms with Crippen LogP contribution in [0.1, 0.15) is 47.5 Å². The highest BCUT2D eigenvalue weighted by Gasteiger charge is 2.29. The maximum absolute atomic E-state index is 11.9. The number of nitrogens with one attached hydrogen (secondary N) is 1. The van der Waals surface area contributed by atoms with Gasteiger partial charge in [-0.2, -0.15) is 0 Å². The van der Waals surface area contributed by atoms with Gasteiger partial charge in [-0.25, -0.2) is 4.79 Å². The van der Waals surface area contributed by atoms with E-state index < -0.39 is 5.60 Å². The van der Waals surface area contributed by atoms with Crippen LogP contribution in [0, 0.1) is 5.92 Å². The highest BCUT2D eigenvalue weighted by molar-refractivity contribution is 5.68. The molecule has 1 aliphatic heterocycles. The van der Waals surface area contributed by atoms with Crippen LogP contribution >= 0.6 is 0 Å². The van der Waals surface area contributed by atoms with Crippen molar-refractivity contribution >= 4 is 6.09 Å². The number of nitrogens with zero attached hydrogens (tertiary/aromatic N) is 1. The normalized spacial score (nSPS) is 21.4. The van der Waals surface area contributed by atoms with Crippen molar-refractivity contribution in [3.63, 3.8) is 0 Å². The molecule has 2 atom stereocenters. The van der Waals surface area contributed by atoms with Crippen LogP contribution in [0.3, 0.4) is 0 Å². The molecule has 0 aromatic rings. The van der Waals surface area contributed by atoms with E-state index in [1.807, 2.05) is 34.6 Å². The molecule has 20 heavy (non-hydrogen) atoms. The minimum atomic E-state index is -0.441. The molecule has 0 radical (unpaired) electrons. The van der Waals surface area contributed by atoms with Crippen LogP contribution in [0.5, 0.6) is 0 Å². The predicted molar refractivity (Wildman–Crippen MR) is 79.7 cm³/mol. The second kappa shape index (κ2) is 7.27. The van der Waals surface area contributed by atoms with Gasteiger partial charge in [-0.3, -0.25) is 0 Å². The summed E-state index contributed by atoms with van der Waals surface area (Å²) in [5.74, 6) is 0.290. The first-order chi connectivity index (χ1) is 9.19. The Morgan fingerprint density at radius 2 is 2.10 bits per heavy atom. The summed E-state index contributed by atoms with van der Waals surface area (Å²) in [7, 11) is 0. The maximum atomic E-state index is 11.9. The first-order valence-electron chi connectivity index (χ1n) is 7.58. The maximum Gasteiger partial charge on any atom is 0.410 e. The summed E-state index contributed by atoms with van der Waals surface area (Å²) in [6.07, 6.45) is 1.20. The Hall–Kier alpha value is -0.810. The van der Waals surface area contributed by atoms with Gasteiger partial charge in [-0.1, -0.05) is 13.8 Å². The van der Waals surface area contributed by atoms with Gasteiger partial charge in [0.2, 0.25) is 0 Å².